The molecule has 0 bridgehead atoms. The molecule has 0 heterocycles. The molecule has 3 aromatic carbocycles. The fraction of sp³-hybridized carbons (Fsp3) is 0.174. The SMILES string of the molecule is COc1ccc(-c2cc(NC(=O)c3cc(C)ccc3OC)ccc2OC)cc1. The highest BCUT2D eigenvalue weighted by Crippen LogP contribution is 2.34. The third-order valence-electron chi connectivity index (χ3n) is 4.46. The summed E-state index contributed by atoms with van der Waals surface area (Å²) in [4.78, 5) is 12.8. The minimum atomic E-state index is -0.230. The average molecular weight is 377 g/mol. The topological polar surface area (TPSA) is 56.8 Å². The van der Waals surface area contributed by atoms with E-state index in [1.54, 1.807) is 27.4 Å². The number of methoxy groups -OCH3 is 3. The third kappa shape index (κ3) is 4.09. The van der Waals surface area contributed by atoms with Gasteiger partial charge in [0.15, 0.2) is 0 Å². The molecule has 3 rings (SSSR count). The van der Waals surface area contributed by atoms with Gasteiger partial charge >= 0.3 is 0 Å². The standard InChI is InChI=1S/C23H23NO4/c1-15-5-11-22(28-4)20(13-15)23(25)24-17-8-12-21(27-3)19(14-17)16-6-9-18(26-2)10-7-16/h5-14H,1-4H3,(H,24,25). The van der Waals surface area contributed by atoms with E-state index in [4.69, 9.17) is 14.2 Å². The molecule has 5 nitrogen and oxygen atoms in total. The van der Waals surface area contributed by atoms with Crippen LogP contribution in [-0.4, -0.2) is 27.2 Å². The quantitative estimate of drug-likeness (QED) is 0.661. The maximum Gasteiger partial charge on any atom is 0.259 e. The van der Waals surface area contributed by atoms with Crippen LogP contribution in [0.1, 0.15) is 15.9 Å². The number of ether oxygens (including phenoxy) is 3. The van der Waals surface area contributed by atoms with Gasteiger partial charge in [0.25, 0.3) is 5.91 Å². The van der Waals surface area contributed by atoms with E-state index in [0.29, 0.717) is 17.0 Å². The minimum absolute atomic E-state index is 0.230. The van der Waals surface area contributed by atoms with Crippen molar-refractivity contribution in [3.63, 3.8) is 0 Å². The Bertz CT molecular complexity index is 980. The lowest BCUT2D eigenvalue weighted by atomic mass is 10.0. The second-order valence-electron chi connectivity index (χ2n) is 6.30. The summed E-state index contributed by atoms with van der Waals surface area (Å²) in [6.07, 6.45) is 0. The molecule has 28 heavy (non-hydrogen) atoms. The van der Waals surface area contributed by atoms with Crippen LogP contribution in [0.3, 0.4) is 0 Å². The molecule has 1 amide bonds. The molecule has 0 fully saturated rings. The molecule has 1 N–H and O–H groups in total. The molecule has 0 radical (unpaired) electrons. The maximum atomic E-state index is 12.8. The van der Waals surface area contributed by atoms with Crippen molar-refractivity contribution in [2.24, 2.45) is 0 Å². The van der Waals surface area contributed by atoms with E-state index in [1.165, 1.54) is 0 Å². The Kier molecular flexibility index (Phi) is 5.84. The van der Waals surface area contributed by atoms with Gasteiger partial charge in [0, 0.05) is 11.3 Å². The molecule has 0 atom stereocenters. The number of nitrogens with one attached hydrogen (secondary N) is 1. The van der Waals surface area contributed by atoms with Gasteiger partial charge < -0.3 is 19.5 Å². The van der Waals surface area contributed by atoms with E-state index in [1.807, 2.05) is 61.5 Å². The Morgan fingerprint density at radius 2 is 1.46 bits per heavy atom. The number of hydrogen-bond donors (Lipinski definition) is 1. The van der Waals surface area contributed by atoms with Gasteiger partial charge in [-0.25, -0.2) is 0 Å². The molecular formula is C23H23NO4. The third-order valence-corrected chi connectivity index (χ3v) is 4.46. The summed E-state index contributed by atoms with van der Waals surface area (Å²) in [5.74, 6) is 1.80. The lowest BCUT2D eigenvalue weighted by Gasteiger charge is -2.14. The van der Waals surface area contributed by atoms with Crippen LogP contribution < -0.4 is 19.5 Å². The van der Waals surface area contributed by atoms with E-state index in [0.717, 1.165) is 28.2 Å². The Morgan fingerprint density at radius 1 is 0.786 bits per heavy atom. The predicted octanol–water partition coefficient (Wildman–Crippen LogP) is 4.94. The van der Waals surface area contributed by atoms with E-state index in [9.17, 15) is 4.79 Å². The van der Waals surface area contributed by atoms with Crippen LogP contribution in [0.4, 0.5) is 5.69 Å². The Balaban J connectivity index is 1.93. The summed E-state index contributed by atoms with van der Waals surface area (Å²) in [6, 6.07) is 18.7. The van der Waals surface area contributed by atoms with Gasteiger partial charge in [-0.05, 0) is 55.0 Å². The first kappa shape index (κ1) is 19.3. The first-order valence-corrected chi connectivity index (χ1v) is 8.84. The van der Waals surface area contributed by atoms with Gasteiger partial charge in [-0.2, -0.15) is 0 Å². The smallest absolute Gasteiger partial charge is 0.259 e. The number of hydrogen-bond acceptors (Lipinski definition) is 4. The van der Waals surface area contributed by atoms with Crippen LogP contribution in [-0.2, 0) is 0 Å². The van der Waals surface area contributed by atoms with Gasteiger partial charge in [0.05, 0.1) is 26.9 Å². The molecular weight excluding hydrogens is 354 g/mol. The minimum Gasteiger partial charge on any atom is -0.497 e. The van der Waals surface area contributed by atoms with Gasteiger partial charge in [0.1, 0.15) is 17.2 Å². The molecule has 0 aliphatic heterocycles. The number of aryl methyl sites for hydroxylation is 1. The number of anilines is 1. The Morgan fingerprint density at radius 3 is 2.11 bits per heavy atom. The number of amides is 1. The van der Waals surface area contributed by atoms with E-state index < -0.39 is 0 Å². The van der Waals surface area contributed by atoms with Crippen molar-refractivity contribution in [2.75, 3.05) is 26.6 Å². The predicted molar refractivity (Wildman–Crippen MR) is 111 cm³/mol. The Labute approximate surface area is 164 Å². The van der Waals surface area contributed by atoms with Crippen LogP contribution >= 0.6 is 0 Å². The zero-order valence-electron chi connectivity index (χ0n) is 16.4. The molecule has 0 saturated heterocycles. The van der Waals surface area contributed by atoms with Crippen LogP contribution in [0.2, 0.25) is 0 Å². The summed E-state index contributed by atoms with van der Waals surface area (Å²) < 4.78 is 16.0. The van der Waals surface area contributed by atoms with Crippen molar-refractivity contribution in [3.05, 3.63) is 71.8 Å². The zero-order chi connectivity index (χ0) is 20.1. The van der Waals surface area contributed by atoms with E-state index in [-0.39, 0.29) is 5.91 Å². The normalized spacial score (nSPS) is 10.3. The molecule has 0 saturated carbocycles. The van der Waals surface area contributed by atoms with Crippen LogP contribution in [0.15, 0.2) is 60.7 Å². The first-order valence-electron chi connectivity index (χ1n) is 8.84. The van der Waals surface area contributed by atoms with Gasteiger partial charge in [-0.15, -0.1) is 0 Å². The summed E-state index contributed by atoms with van der Waals surface area (Å²) in [5.41, 5.74) is 3.98. The summed E-state index contributed by atoms with van der Waals surface area (Å²) in [6.45, 7) is 1.94. The van der Waals surface area contributed by atoms with Crippen molar-refractivity contribution in [3.8, 4) is 28.4 Å². The van der Waals surface area contributed by atoms with Crippen LogP contribution in [0, 0.1) is 6.92 Å². The van der Waals surface area contributed by atoms with E-state index >= 15 is 0 Å². The second kappa shape index (κ2) is 8.48. The average Bonchev–Trinajstić information content (AvgIpc) is 2.73. The second-order valence-corrected chi connectivity index (χ2v) is 6.30. The van der Waals surface area contributed by atoms with Crippen molar-refractivity contribution in [2.45, 2.75) is 6.92 Å². The van der Waals surface area contributed by atoms with Crippen molar-refractivity contribution in [1.29, 1.82) is 0 Å². The highest BCUT2D eigenvalue weighted by molar-refractivity contribution is 6.06. The van der Waals surface area contributed by atoms with Crippen LogP contribution in [0.5, 0.6) is 17.2 Å². The number of rotatable bonds is 6. The fourth-order valence-corrected chi connectivity index (χ4v) is 2.98. The van der Waals surface area contributed by atoms with Gasteiger partial charge in [0.2, 0.25) is 0 Å². The molecule has 144 valence electrons. The largest absolute Gasteiger partial charge is 0.497 e. The first-order chi connectivity index (χ1) is 13.5. The molecule has 0 aliphatic carbocycles. The maximum absolute atomic E-state index is 12.8. The molecule has 0 aliphatic rings. The molecule has 0 unspecified atom stereocenters. The van der Waals surface area contributed by atoms with E-state index in [2.05, 4.69) is 5.32 Å². The zero-order valence-corrected chi connectivity index (χ0v) is 16.4. The molecule has 3 aromatic rings. The van der Waals surface area contributed by atoms with Crippen LogP contribution in [0.25, 0.3) is 11.1 Å². The molecule has 5 heteroatoms. The monoisotopic (exact) mass is 377 g/mol. The summed E-state index contributed by atoms with van der Waals surface area (Å²) in [5, 5.41) is 2.94. The number of carbonyl (C=O) groups excluding carboxylic acids is 1. The molecule has 0 spiro atoms. The highest BCUT2D eigenvalue weighted by atomic mass is 16.5. The number of benzene rings is 3. The van der Waals surface area contributed by atoms with Gasteiger partial charge in [-0.3, -0.25) is 4.79 Å². The lowest BCUT2D eigenvalue weighted by Crippen LogP contribution is -2.13. The van der Waals surface area contributed by atoms with Crippen molar-refractivity contribution < 1.29 is 19.0 Å². The fourth-order valence-electron chi connectivity index (χ4n) is 2.98. The van der Waals surface area contributed by atoms with Crippen molar-refractivity contribution in [1.82, 2.24) is 0 Å². The Hall–Kier alpha value is -3.47. The highest BCUT2D eigenvalue weighted by Gasteiger charge is 2.14. The lowest BCUT2D eigenvalue weighted by molar-refractivity contribution is 0.102. The molecule has 0 aromatic heterocycles. The van der Waals surface area contributed by atoms with Gasteiger partial charge in [-0.1, -0.05) is 23.8 Å². The summed E-state index contributed by atoms with van der Waals surface area (Å²) >= 11 is 0. The summed E-state index contributed by atoms with van der Waals surface area (Å²) in [7, 11) is 4.81. The van der Waals surface area contributed by atoms with Crippen molar-refractivity contribution >= 4 is 11.6 Å². The number of carbonyl (C=O) groups is 1.